The monoisotopic (exact) mass is 548 g/mol. The fourth-order valence-electron chi connectivity index (χ4n) is 4.10. The first-order valence-electron chi connectivity index (χ1n) is 10.4. The third kappa shape index (κ3) is 4.13. The van der Waals surface area contributed by atoms with Gasteiger partial charge in [0, 0.05) is 36.1 Å². The fraction of sp³-hybridized carbons (Fsp3) is 0.333. The molecule has 2 aliphatic heterocycles. The van der Waals surface area contributed by atoms with Gasteiger partial charge >= 0.3 is 0 Å². The van der Waals surface area contributed by atoms with Crippen LogP contribution in [-0.2, 0) is 6.54 Å². The Kier molecular flexibility index (Phi) is 5.67. The van der Waals surface area contributed by atoms with E-state index in [4.69, 9.17) is 0 Å². The summed E-state index contributed by atoms with van der Waals surface area (Å²) in [5.41, 5.74) is 2.34. The first-order chi connectivity index (χ1) is 15.5. The van der Waals surface area contributed by atoms with Crippen molar-refractivity contribution < 1.29 is 9.18 Å². The number of hydrogen-bond acceptors (Lipinski definition) is 7. The van der Waals surface area contributed by atoms with E-state index < -0.39 is 5.82 Å². The van der Waals surface area contributed by atoms with Crippen molar-refractivity contribution >= 4 is 51.8 Å². The van der Waals surface area contributed by atoms with Crippen molar-refractivity contribution in [2.75, 3.05) is 23.7 Å². The smallest absolute Gasteiger partial charge is 0.254 e. The Morgan fingerprint density at radius 1 is 1.22 bits per heavy atom. The Morgan fingerprint density at radius 2 is 2.03 bits per heavy atom. The zero-order valence-electron chi connectivity index (χ0n) is 17.4. The number of halogens is 2. The normalized spacial score (nSPS) is 16.3. The minimum absolute atomic E-state index is 0.0465. The number of nitrogens with one attached hydrogen (secondary N) is 4. The van der Waals surface area contributed by atoms with Crippen LogP contribution in [0.1, 0.15) is 34.5 Å². The summed E-state index contributed by atoms with van der Waals surface area (Å²) in [6, 6.07) is 5.05. The lowest BCUT2D eigenvalue weighted by Crippen LogP contribution is -2.43. The standard InChI is InChI=1S/C21H22FIN8O/c1-11-6-18(30-29-11)27-19-16(23)9-25-21(28-19)26-17-8-14-12(7-15(17)22)10-31(20(14)32)13-2-4-24-5-3-13/h6-9,13,24H,2-5,10H2,1H3,(H3,25,26,27,28,29,30). The Hall–Kier alpha value is -2.80. The molecule has 0 bridgehead atoms. The van der Waals surface area contributed by atoms with E-state index >= 15 is 0 Å². The topological polar surface area (TPSA) is 111 Å². The first kappa shape index (κ1) is 21.1. The van der Waals surface area contributed by atoms with Gasteiger partial charge in [-0.05, 0) is 73.1 Å². The Balaban J connectivity index is 1.37. The van der Waals surface area contributed by atoms with Crippen LogP contribution in [0.3, 0.4) is 0 Å². The molecule has 4 heterocycles. The molecule has 0 radical (unpaired) electrons. The molecule has 1 saturated heterocycles. The molecule has 0 aliphatic carbocycles. The van der Waals surface area contributed by atoms with Gasteiger partial charge in [-0.25, -0.2) is 9.37 Å². The quantitative estimate of drug-likeness (QED) is 0.362. The summed E-state index contributed by atoms with van der Waals surface area (Å²) in [6.07, 6.45) is 3.46. The third-order valence-corrected chi connectivity index (χ3v) is 6.51. The first-order valence-corrected chi connectivity index (χ1v) is 11.5. The summed E-state index contributed by atoms with van der Waals surface area (Å²) in [5.74, 6) is 0.902. The summed E-state index contributed by atoms with van der Waals surface area (Å²) >= 11 is 2.12. The van der Waals surface area contributed by atoms with Crippen molar-refractivity contribution in [1.29, 1.82) is 0 Å². The molecule has 32 heavy (non-hydrogen) atoms. The van der Waals surface area contributed by atoms with Crippen LogP contribution >= 0.6 is 22.6 Å². The lowest BCUT2D eigenvalue weighted by atomic mass is 10.1. The van der Waals surface area contributed by atoms with Crippen LogP contribution in [0.2, 0.25) is 0 Å². The van der Waals surface area contributed by atoms with Crippen molar-refractivity contribution in [2.45, 2.75) is 32.4 Å². The minimum Gasteiger partial charge on any atom is -0.331 e. The van der Waals surface area contributed by atoms with Gasteiger partial charge in [-0.2, -0.15) is 10.1 Å². The number of piperidine rings is 1. The van der Waals surface area contributed by atoms with E-state index in [1.165, 1.54) is 6.07 Å². The van der Waals surface area contributed by atoms with E-state index in [0.717, 1.165) is 40.8 Å². The highest BCUT2D eigenvalue weighted by molar-refractivity contribution is 14.1. The molecule has 5 rings (SSSR count). The van der Waals surface area contributed by atoms with Crippen molar-refractivity contribution in [2.24, 2.45) is 0 Å². The van der Waals surface area contributed by atoms with Crippen molar-refractivity contribution in [3.63, 3.8) is 0 Å². The predicted octanol–water partition coefficient (Wildman–Crippen LogP) is 3.45. The number of amides is 1. The molecule has 0 saturated carbocycles. The number of nitrogens with zero attached hydrogens (tertiary/aromatic N) is 4. The van der Waals surface area contributed by atoms with Gasteiger partial charge < -0.3 is 20.9 Å². The molecular formula is C21H22FIN8O. The zero-order chi connectivity index (χ0) is 22.2. The molecule has 1 amide bonds. The van der Waals surface area contributed by atoms with Crippen LogP contribution in [-0.4, -0.2) is 50.1 Å². The zero-order valence-corrected chi connectivity index (χ0v) is 19.5. The third-order valence-electron chi connectivity index (χ3n) is 5.72. The number of anilines is 4. The molecule has 0 spiro atoms. The molecule has 1 fully saturated rings. The second-order valence-corrected chi connectivity index (χ2v) is 9.14. The van der Waals surface area contributed by atoms with Gasteiger partial charge in [-0.1, -0.05) is 0 Å². The van der Waals surface area contributed by atoms with Crippen molar-refractivity contribution in [3.05, 3.63) is 50.6 Å². The van der Waals surface area contributed by atoms with Crippen LogP contribution in [0.25, 0.3) is 0 Å². The molecule has 2 aliphatic rings. The van der Waals surface area contributed by atoms with Crippen LogP contribution < -0.4 is 16.0 Å². The SMILES string of the molecule is Cc1cc(Nc2nc(Nc3cc4c(cc3F)CN(C3CCNCC3)C4=O)ncc2I)n[nH]1. The Morgan fingerprint density at radius 3 is 2.78 bits per heavy atom. The number of carbonyl (C=O) groups is 1. The number of rotatable bonds is 5. The average Bonchev–Trinajstić information content (AvgIpc) is 3.34. The molecule has 3 aromatic rings. The summed E-state index contributed by atoms with van der Waals surface area (Å²) in [6.45, 7) is 4.14. The number of carbonyl (C=O) groups excluding carboxylic acids is 1. The van der Waals surface area contributed by atoms with Gasteiger partial charge in [0.2, 0.25) is 5.95 Å². The highest BCUT2D eigenvalue weighted by Gasteiger charge is 2.34. The Bertz CT molecular complexity index is 1180. The van der Waals surface area contributed by atoms with Crippen molar-refractivity contribution in [3.8, 4) is 0 Å². The second-order valence-electron chi connectivity index (χ2n) is 7.98. The summed E-state index contributed by atoms with van der Waals surface area (Å²) in [4.78, 5) is 23.6. The van der Waals surface area contributed by atoms with Gasteiger partial charge in [0.15, 0.2) is 11.6 Å². The molecule has 166 valence electrons. The molecular weight excluding hydrogens is 526 g/mol. The number of aryl methyl sites for hydroxylation is 1. The van der Waals surface area contributed by atoms with Gasteiger partial charge in [0.05, 0.1) is 9.26 Å². The van der Waals surface area contributed by atoms with Crippen LogP contribution in [0.5, 0.6) is 0 Å². The van der Waals surface area contributed by atoms with Crippen LogP contribution in [0.15, 0.2) is 24.4 Å². The fourth-order valence-corrected chi connectivity index (χ4v) is 4.50. The molecule has 9 nitrogen and oxygen atoms in total. The number of H-pyrrole nitrogens is 1. The van der Waals surface area contributed by atoms with E-state index in [9.17, 15) is 9.18 Å². The Labute approximate surface area is 197 Å². The largest absolute Gasteiger partial charge is 0.331 e. The number of benzene rings is 1. The number of fused-ring (bicyclic) bond motifs is 1. The molecule has 0 unspecified atom stereocenters. The van der Waals surface area contributed by atoms with E-state index in [0.29, 0.717) is 23.7 Å². The van der Waals surface area contributed by atoms with Crippen LogP contribution in [0, 0.1) is 16.3 Å². The van der Waals surface area contributed by atoms with E-state index in [-0.39, 0.29) is 23.6 Å². The molecule has 11 heteroatoms. The molecule has 1 aromatic carbocycles. The van der Waals surface area contributed by atoms with Gasteiger partial charge in [-0.3, -0.25) is 9.89 Å². The highest BCUT2D eigenvalue weighted by Crippen LogP contribution is 2.32. The maximum Gasteiger partial charge on any atom is 0.254 e. The lowest BCUT2D eigenvalue weighted by molar-refractivity contribution is 0.0668. The minimum atomic E-state index is -0.441. The highest BCUT2D eigenvalue weighted by atomic mass is 127. The van der Waals surface area contributed by atoms with Gasteiger partial charge in [0.25, 0.3) is 5.91 Å². The van der Waals surface area contributed by atoms with Gasteiger partial charge in [-0.15, -0.1) is 0 Å². The van der Waals surface area contributed by atoms with E-state index in [1.807, 2.05) is 17.9 Å². The maximum absolute atomic E-state index is 14.9. The van der Waals surface area contributed by atoms with Crippen LogP contribution in [0.4, 0.5) is 27.7 Å². The van der Waals surface area contributed by atoms with Gasteiger partial charge in [0.1, 0.15) is 5.82 Å². The molecule has 4 N–H and O–H groups in total. The average molecular weight is 548 g/mol. The number of aromatic nitrogens is 4. The van der Waals surface area contributed by atoms with E-state index in [2.05, 4.69) is 58.7 Å². The van der Waals surface area contributed by atoms with E-state index in [1.54, 1.807) is 12.3 Å². The molecule has 2 aromatic heterocycles. The second kappa shape index (κ2) is 8.62. The lowest BCUT2D eigenvalue weighted by Gasteiger charge is -2.31. The molecule has 0 atom stereocenters. The predicted molar refractivity (Wildman–Crippen MR) is 127 cm³/mol. The maximum atomic E-state index is 14.9. The summed E-state index contributed by atoms with van der Waals surface area (Å²) in [7, 11) is 0. The van der Waals surface area contributed by atoms with Crippen molar-refractivity contribution in [1.82, 2.24) is 30.4 Å². The number of hydrogen-bond donors (Lipinski definition) is 4. The number of aromatic amines is 1. The summed E-state index contributed by atoms with van der Waals surface area (Å²) in [5, 5.41) is 16.4. The summed E-state index contributed by atoms with van der Waals surface area (Å²) < 4.78 is 15.7.